The second kappa shape index (κ2) is 6.39. The first-order valence-electron chi connectivity index (χ1n) is 6.92. The van der Waals surface area contributed by atoms with Gasteiger partial charge in [0, 0.05) is 12.5 Å². The van der Waals surface area contributed by atoms with Gasteiger partial charge in [0.25, 0.3) is 5.91 Å². The van der Waals surface area contributed by atoms with Crippen LogP contribution >= 0.6 is 0 Å². The highest BCUT2D eigenvalue weighted by Crippen LogP contribution is 2.11. The second-order valence-corrected chi connectivity index (χ2v) is 5.34. The van der Waals surface area contributed by atoms with Gasteiger partial charge in [0.05, 0.1) is 0 Å². The first-order valence-corrected chi connectivity index (χ1v) is 6.92. The van der Waals surface area contributed by atoms with Crippen LogP contribution in [0.1, 0.15) is 19.4 Å². The first-order chi connectivity index (χ1) is 9.97. The highest BCUT2D eigenvalue weighted by atomic mass is 16.2. The van der Waals surface area contributed by atoms with Crippen molar-refractivity contribution in [1.29, 1.82) is 0 Å². The van der Waals surface area contributed by atoms with Gasteiger partial charge in [-0.1, -0.05) is 30.3 Å². The molecule has 2 rings (SSSR count). The summed E-state index contributed by atoms with van der Waals surface area (Å²) in [4.78, 5) is 36.7. The van der Waals surface area contributed by atoms with Gasteiger partial charge in [-0.05, 0) is 19.4 Å². The summed E-state index contributed by atoms with van der Waals surface area (Å²) in [5.41, 5.74) is 0.963. The average molecular weight is 289 g/mol. The van der Waals surface area contributed by atoms with Gasteiger partial charge in [0.15, 0.2) is 0 Å². The van der Waals surface area contributed by atoms with Crippen LogP contribution in [0, 0.1) is 0 Å². The molecule has 0 aliphatic carbocycles. The van der Waals surface area contributed by atoms with Crippen molar-refractivity contribution in [1.82, 2.24) is 15.5 Å². The molecule has 0 radical (unpaired) electrons. The fraction of sp³-hybridized carbons (Fsp3) is 0.400. The van der Waals surface area contributed by atoms with Crippen LogP contribution in [0.3, 0.4) is 0 Å². The van der Waals surface area contributed by atoms with Crippen molar-refractivity contribution in [3.8, 4) is 0 Å². The molecule has 1 atom stereocenters. The zero-order valence-electron chi connectivity index (χ0n) is 12.1. The predicted octanol–water partition coefficient (Wildman–Crippen LogP) is 0.674. The summed E-state index contributed by atoms with van der Waals surface area (Å²) >= 11 is 0. The van der Waals surface area contributed by atoms with Gasteiger partial charge in [-0.15, -0.1) is 0 Å². The van der Waals surface area contributed by atoms with E-state index >= 15 is 0 Å². The van der Waals surface area contributed by atoms with E-state index in [0.717, 1.165) is 10.5 Å². The van der Waals surface area contributed by atoms with Crippen molar-refractivity contribution in [2.45, 2.75) is 32.4 Å². The monoisotopic (exact) mass is 289 g/mol. The molecule has 1 aliphatic heterocycles. The molecule has 0 saturated carbocycles. The fourth-order valence-corrected chi connectivity index (χ4v) is 2.23. The van der Waals surface area contributed by atoms with Crippen LogP contribution in [0.2, 0.25) is 0 Å². The molecule has 1 aliphatic rings. The molecule has 4 amide bonds. The number of carbonyl (C=O) groups is 3. The Hall–Kier alpha value is -2.37. The maximum Gasteiger partial charge on any atom is 0.325 e. The molecule has 0 bridgehead atoms. The third kappa shape index (κ3) is 3.81. The topological polar surface area (TPSA) is 78.5 Å². The van der Waals surface area contributed by atoms with Crippen molar-refractivity contribution in [2.24, 2.45) is 0 Å². The molecule has 0 unspecified atom stereocenters. The van der Waals surface area contributed by atoms with Crippen LogP contribution < -0.4 is 10.6 Å². The van der Waals surface area contributed by atoms with Crippen LogP contribution in [-0.2, 0) is 16.0 Å². The number of urea groups is 1. The number of rotatable bonds is 5. The van der Waals surface area contributed by atoms with Crippen molar-refractivity contribution < 1.29 is 14.4 Å². The molecular weight excluding hydrogens is 270 g/mol. The molecule has 1 aromatic rings. The number of nitrogens with one attached hydrogen (secondary N) is 2. The van der Waals surface area contributed by atoms with Crippen molar-refractivity contribution in [3.05, 3.63) is 35.9 Å². The Bertz CT molecular complexity index is 542. The van der Waals surface area contributed by atoms with Gasteiger partial charge in [-0.2, -0.15) is 0 Å². The molecule has 2 N–H and O–H groups in total. The minimum atomic E-state index is -0.605. The van der Waals surface area contributed by atoms with Gasteiger partial charge < -0.3 is 10.6 Å². The summed E-state index contributed by atoms with van der Waals surface area (Å²) in [6.07, 6.45) is 0.424. The van der Waals surface area contributed by atoms with E-state index in [1.807, 2.05) is 44.2 Å². The summed E-state index contributed by atoms with van der Waals surface area (Å²) < 4.78 is 0. The lowest BCUT2D eigenvalue weighted by Gasteiger charge is -2.14. The maximum absolute atomic E-state index is 12.2. The molecule has 1 aromatic carbocycles. The Morgan fingerprint density at radius 1 is 1.29 bits per heavy atom. The SMILES string of the molecule is CC(C)NC(=O)CN1C(=O)N[C@@H](Cc2ccccc2)C1=O. The van der Waals surface area contributed by atoms with Crippen LogP contribution in [0.4, 0.5) is 4.79 Å². The Morgan fingerprint density at radius 3 is 2.57 bits per heavy atom. The lowest BCUT2D eigenvalue weighted by Crippen LogP contribution is -2.43. The van der Waals surface area contributed by atoms with Crippen LogP contribution in [0.5, 0.6) is 0 Å². The molecule has 1 saturated heterocycles. The van der Waals surface area contributed by atoms with Crippen molar-refractivity contribution >= 4 is 17.8 Å². The molecule has 0 spiro atoms. The normalized spacial score (nSPS) is 18.0. The molecule has 0 aromatic heterocycles. The smallest absolute Gasteiger partial charge is 0.325 e. The van der Waals surface area contributed by atoms with Crippen LogP contribution in [-0.4, -0.2) is 41.4 Å². The summed E-state index contributed by atoms with van der Waals surface area (Å²) in [7, 11) is 0. The maximum atomic E-state index is 12.2. The van der Waals surface area contributed by atoms with E-state index in [9.17, 15) is 14.4 Å². The Kier molecular flexibility index (Phi) is 4.57. The third-order valence-corrected chi connectivity index (χ3v) is 3.14. The Labute approximate surface area is 123 Å². The first kappa shape index (κ1) is 15.0. The molecule has 1 heterocycles. The van der Waals surface area contributed by atoms with E-state index in [1.165, 1.54) is 0 Å². The third-order valence-electron chi connectivity index (χ3n) is 3.14. The Morgan fingerprint density at radius 2 is 1.95 bits per heavy atom. The molecular formula is C15H19N3O3. The van der Waals surface area contributed by atoms with Crippen LogP contribution in [0.15, 0.2) is 30.3 Å². The standard InChI is InChI=1S/C15H19N3O3/c1-10(2)16-13(19)9-18-14(20)12(17-15(18)21)8-11-6-4-3-5-7-11/h3-7,10,12H,8-9H2,1-2H3,(H,16,19)(H,17,21)/t12-/m0/s1. The van der Waals surface area contributed by atoms with Gasteiger partial charge in [0.1, 0.15) is 12.6 Å². The largest absolute Gasteiger partial charge is 0.352 e. The average Bonchev–Trinajstić information content (AvgIpc) is 2.67. The molecule has 21 heavy (non-hydrogen) atoms. The molecule has 112 valence electrons. The fourth-order valence-electron chi connectivity index (χ4n) is 2.23. The summed E-state index contributed by atoms with van der Waals surface area (Å²) in [5.74, 6) is -0.698. The minimum Gasteiger partial charge on any atom is -0.352 e. The van der Waals surface area contributed by atoms with E-state index in [0.29, 0.717) is 6.42 Å². The van der Waals surface area contributed by atoms with E-state index in [1.54, 1.807) is 0 Å². The lowest BCUT2D eigenvalue weighted by atomic mass is 10.1. The predicted molar refractivity (Wildman–Crippen MR) is 77.5 cm³/mol. The van der Waals surface area contributed by atoms with E-state index in [4.69, 9.17) is 0 Å². The number of benzene rings is 1. The highest BCUT2D eigenvalue weighted by molar-refractivity contribution is 6.06. The number of imide groups is 1. The number of nitrogens with zero attached hydrogens (tertiary/aromatic N) is 1. The molecule has 6 nitrogen and oxygen atoms in total. The Balaban J connectivity index is 1.98. The summed E-state index contributed by atoms with van der Waals surface area (Å²) in [6.45, 7) is 3.40. The van der Waals surface area contributed by atoms with Gasteiger partial charge in [-0.3, -0.25) is 14.5 Å². The van der Waals surface area contributed by atoms with E-state index in [2.05, 4.69) is 10.6 Å². The number of hydrogen-bond acceptors (Lipinski definition) is 3. The highest BCUT2D eigenvalue weighted by Gasteiger charge is 2.38. The molecule has 1 fully saturated rings. The molecule has 6 heteroatoms. The number of hydrogen-bond donors (Lipinski definition) is 2. The summed E-state index contributed by atoms with van der Waals surface area (Å²) in [6, 6.07) is 8.29. The second-order valence-electron chi connectivity index (χ2n) is 5.34. The summed E-state index contributed by atoms with van der Waals surface area (Å²) in [5, 5.41) is 5.28. The van der Waals surface area contributed by atoms with Gasteiger partial charge >= 0.3 is 6.03 Å². The minimum absolute atomic E-state index is 0.0293. The van der Waals surface area contributed by atoms with Crippen molar-refractivity contribution in [3.63, 3.8) is 0 Å². The van der Waals surface area contributed by atoms with Crippen LogP contribution in [0.25, 0.3) is 0 Å². The van der Waals surface area contributed by atoms with Gasteiger partial charge in [-0.25, -0.2) is 4.79 Å². The number of amides is 4. The zero-order chi connectivity index (χ0) is 15.4. The van der Waals surface area contributed by atoms with E-state index in [-0.39, 0.29) is 24.4 Å². The van der Waals surface area contributed by atoms with Gasteiger partial charge in [0.2, 0.25) is 5.91 Å². The zero-order valence-corrected chi connectivity index (χ0v) is 12.1. The van der Waals surface area contributed by atoms with Crippen molar-refractivity contribution in [2.75, 3.05) is 6.54 Å². The lowest BCUT2D eigenvalue weighted by molar-refractivity contribution is -0.132. The quantitative estimate of drug-likeness (QED) is 0.782. The number of carbonyl (C=O) groups excluding carboxylic acids is 3. The van der Waals surface area contributed by atoms with E-state index < -0.39 is 12.1 Å².